The van der Waals surface area contributed by atoms with E-state index in [1.54, 1.807) is 4.90 Å². The van der Waals surface area contributed by atoms with E-state index in [1.807, 2.05) is 31.2 Å². The normalized spacial score (nSPS) is 28.9. The van der Waals surface area contributed by atoms with Crippen molar-refractivity contribution in [1.82, 2.24) is 25.2 Å². The smallest absolute Gasteiger partial charge is 0.410 e. The molecule has 1 aromatic carbocycles. The molecule has 0 aromatic heterocycles. The van der Waals surface area contributed by atoms with E-state index in [9.17, 15) is 32.4 Å². The fraction of sp³-hybridized carbons (Fsp3) is 0.583. The molecule has 4 bridgehead atoms. The highest BCUT2D eigenvalue weighted by atomic mass is 32.2. The number of rotatable bonds is 9. The minimum absolute atomic E-state index is 0.0696. The van der Waals surface area contributed by atoms with Crippen molar-refractivity contribution in [2.45, 2.75) is 113 Å². The molecule has 5 atom stereocenters. The van der Waals surface area contributed by atoms with Gasteiger partial charge in [-0.05, 0) is 61.6 Å². The van der Waals surface area contributed by atoms with Crippen molar-refractivity contribution in [3.63, 3.8) is 0 Å². The molecule has 15 heteroatoms. The lowest BCUT2D eigenvalue weighted by molar-refractivity contribution is -0.141. The number of unbranched alkanes of at least 4 members (excludes halogenated alkanes) is 1. The first-order valence-electron chi connectivity index (χ1n) is 17.9. The summed E-state index contributed by atoms with van der Waals surface area (Å²) in [6.45, 7) is 6.43. The Balaban J connectivity index is 1.25. The van der Waals surface area contributed by atoms with E-state index in [0.29, 0.717) is 38.8 Å². The number of hydrogen-bond donors (Lipinski definition) is 3. The van der Waals surface area contributed by atoms with Crippen LogP contribution in [0.1, 0.15) is 87.8 Å². The molecule has 3 fully saturated rings. The molecule has 3 heterocycles. The van der Waals surface area contributed by atoms with Gasteiger partial charge in [0.15, 0.2) is 0 Å². The van der Waals surface area contributed by atoms with Crippen LogP contribution in [-0.2, 0) is 47.0 Å². The number of carbonyl (C=O) groups excluding carboxylic acids is 5. The van der Waals surface area contributed by atoms with Crippen LogP contribution in [0.3, 0.4) is 0 Å². The molecule has 0 spiro atoms. The Morgan fingerprint density at radius 3 is 2.69 bits per heavy atom. The monoisotopic (exact) mass is 725 g/mol. The van der Waals surface area contributed by atoms with Crippen LogP contribution in [0.25, 0.3) is 6.08 Å². The number of alkyl carbamates (subject to hydrolysis) is 1. The zero-order valence-corrected chi connectivity index (χ0v) is 29.8. The van der Waals surface area contributed by atoms with Gasteiger partial charge in [0.25, 0.3) is 5.91 Å². The number of nitrogens with one attached hydrogen (secondary N) is 3. The third-order valence-corrected chi connectivity index (χ3v) is 12.2. The summed E-state index contributed by atoms with van der Waals surface area (Å²) in [5.74, 6) is -2.65. The van der Waals surface area contributed by atoms with Gasteiger partial charge in [-0.15, -0.1) is 6.58 Å². The first kappa shape index (κ1) is 36.4. The van der Waals surface area contributed by atoms with Crippen molar-refractivity contribution in [1.29, 1.82) is 0 Å². The molecule has 14 nitrogen and oxygen atoms in total. The van der Waals surface area contributed by atoms with Gasteiger partial charge in [-0.25, -0.2) is 18.0 Å². The number of sulfonamides is 1. The summed E-state index contributed by atoms with van der Waals surface area (Å²) in [7, 11) is -3.90. The summed E-state index contributed by atoms with van der Waals surface area (Å²) in [5, 5.41) is 4.78. The first-order valence-corrected chi connectivity index (χ1v) is 19.5. The molecule has 2 aliphatic carbocycles. The minimum atomic E-state index is -3.90. The number of cyclic esters (lactones) is 1. The van der Waals surface area contributed by atoms with Crippen molar-refractivity contribution in [2.24, 2.45) is 5.92 Å². The van der Waals surface area contributed by atoms with Gasteiger partial charge < -0.3 is 25.0 Å². The Labute approximate surface area is 298 Å². The number of nitrogens with zero attached hydrogens (tertiary/aromatic N) is 2. The Bertz CT molecular complexity index is 1710. The third kappa shape index (κ3) is 8.08. The molecule has 1 saturated heterocycles. The number of amides is 5. The lowest BCUT2D eigenvalue weighted by atomic mass is 10.0. The predicted molar refractivity (Wildman–Crippen MR) is 186 cm³/mol. The zero-order chi connectivity index (χ0) is 36.3. The van der Waals surface area contributed by atoms with E-state index in [0.717, 1.165) is 36.0 Å². The highest BCUT2D eigenvalue weighted by molar-refractivity contribution is 7.91. The highest BCUT2D eigenvalue weighted by Crippen LogP contribution is 2.45. The number of fused-ring (bicyclic) bond motifs is 3. The van der Waals surface area contributed by atoms with Crippen molar-refractivity contribution in [3.8, 4) is 0 Å². The molecule has 1 aromatic rings. The van der Waals surface area contributed by atoms with Crippen LogP contribution in [0.15, 0.2) is 36.9 Å². The lowest BCUT2D eigenvalue weighted by Crippen LogP contribution is -2.58. The van der Waals surface area contributed by atoms with Gasteiger partial charge in [0.1, 0.15) is 23.7 Å². The Kier molecular flexibility index (Phi) is 10.7. The maximum atomic E-state index is 14.2. The van der Waals surface area contributed by atoms with Crippen LogP contribution in [0.4, 0.5) is 9.59 Å². The Morgan fingerprint density at radius 2 is 1.96 bits per heavy atom. The third-order valence-electron chi connectivity index (χ3n) is 10.4. The average Bonchev–Trinajstić information content (AvgIpc) is 3.99. The minimum Gasteiger partial charge on any atom is -0.450 e. The van der Waals surface area contributed by atoms with E-state index >= 15 is 0 Å². The van der Waals surface area contributed by atoms with Crippen molar-refractivity contribution in [2.75, 3.05) is 13.2 Å². The molecule has 2 saturated carbocycles. The molecular formula is C36H47N5O9S. The number of ether oxygens (including phenoxy) is 2. The van der Waals surface area contributed by atoms with E-state index in [4.69, 9.17) is 9.47 Å². The molecule has 3 N–H and O–H groups in total. The van der Waals surface area contributed by atoms with Crippen molar-refractivity contribution < 1.29 is 41.9 Å². The molecular weight excluding hydrogens is 678 g/mol. The second kappa shape index (κ2) is 15.1. The maximum absolute atomic E-state index is 14.2. The van der Waals surface area contributed by atoms with Crippen LogP contribution >= 0.6 is 0 Å². The van der Waals surface area contributed by atoms with Gasteiger partial charge in [-0.2, -0.15) is 0 Å². The zero-order valence-electron chi connectivity index (χ0n) is 28.9. The molecule has 5 amide bonds. The Hall–Kier alpha value is -4.40. The first-order chi connectivity index (χ1) is 24.5. The number of allylic oxidation sites excluding steroid dienone is 1. The SMILES string of the molecule is C=C[C@@H]1C[C@]1(NC(=O)[C@@H]1C[C@@H]2CN1C(=O)[C@H](CCCC)NC(=O)OCCCC/C=C\c1cccc3c1CN(C3)C(=O)O2)C(=O)NS(=O)(=O)C1CC1. The van der Waals surface area contributed by atoms with Crippen LogP contribution in [-0.4, -0.2) is 90.3 Å². The summed E-state index contributed by atoms with van der Waals surface area (Å²) in [6.07, 6.45) is 8.12. The van der Waals surface area contributed by atoms with E-state index in [1.165, 1.54) is 11.0 Å². The summed E-state index contributed by atoms with van der Waals surface area (Å²) < 4.78 is 38.7. The molecule has 276 valence electrons. The second-order valence-corrected chi connectivity index (χ2v) is 16.1. The fourth-order valence-electron chi connectivity index (χ4n) is 7.13. The standard InChI is InChI=1S/C36H47N5O9S/c1-3-5-14-29-32(43)41-21-26(18-30(41)31(42)38-36(19-25(36)4-2)33(44)39-51(47,48)27-15-16-27)50-35(46)40-20-24-13-10-12-23(28(24)22-40)11-8-6-7-9-17-49-34(45)37-29/h4,8,10-13,25-27,29-30H,2-3,5-7,9,14-22H2,1H3,(H,37,45)(H,38,42)(H,39,44)/b11-8-/t25-,26-,29+,30+,36-/m1/s1. The summed E-state index contributed by atoms with van der Waals surface area (Å²) in [5.41, 5.74) is 1.46. The molecule has 51 heavy (non-hydrogen) atoms. The van der Waals surface area contributed by atoms with Crippen LogP contribution in [0.5, 0.6) is 0 Å². The second-order valence-electron chi connectivity index (χ2n) is 14.1. The molecule has 3 aliphatic heterocycles. The summed E-state index contributed by atoms with van der Waals surface area (Å²) >= 11 is 0. The van der Waals surface area contributed by atoms with Crippen molar-refractivity contribution in [3.05, 3.63) is 53.6 Å². The summed E-state index contributed by atoms with van der Waals surface area (Å²) in [4.78, 5) is 71.0. The number of carbonyl (C=O) groups is 5. The van der Waals surface area contributed by atoms with Crippen LogP contribution in [0.2, 0.25) is 0 Å². The molecule has 0 radical (unpaired) electrons. The predicted octanol–water partition coefficient (Wildman–Crippen LogP) is 3.26. The van der Waals surface area contributed by atoms with Crippen LogP contribution < -0.4 is 15.4 Å². The molecule has 5 aliphatic rings. The van der Waals surface area contributed by atoms with Gasteiger partial charge in [0.2, 0.25) is 21.8 Å². The fourth-order valence-corrected chi connectivity index (χ4v) is 8.50. The van der Waals surface area contributed by atoms with Gasteiger partial charge >= 0.3 is 12.2 Å². The van der Waals surface area contributed by atoms with Gasteiger partial charge in [0, 0.05) is 18.9 Å². The lowest BCUT2D eigenvalue weighted by Gasteiger charge is -2.29. The van der Waals surface area contributed by atoms with Gasteiger partial charge in [-0.1, -0.05) is 56.2 Å². The molecule has 6 rings (SSSR count). The molecule has 0 unspecified atom stereocenters. The topological polar surface area (TPSA) is 181 Å². The van der Waals surface area contributed by atoms with E-state index < -0.39 is 74.8 Å². The Morgan fingerprint density at radius 1 is 1.16 bits per heavy atom. The van der Waals surface area contributed by atoms with Crippen LogP contribution in [0, 0.1) is 5.92 Å². The maximum Gasteiger partial charge on any atom is 0.410 e. The van der Waals surface area contributed by atoms with E-state index in [-0.39, 0.29) is 32.4 Å². The van der Waals surface area contributed by atoms with E-state index in [2.05, 4.69) is 28.0 Å². The number of hydrogen-bond acceptors (Lipinski definition) is 9. The van der Waals surface area contributed by atoms with Crippen molar-refractivity contribution >= 4 is 46.0 Å². The number of benzene rings is 1. The highest BCUT2D eigenvalue weighted by Gasteiger charge is 2.62. The average molecular weight is 726 g/mol. The van der Waals surface area contributed by atoms with Gasteiger partial charge in [-0.3, -0.25) is 24.0 Å². The van der Waals surface area contributed by atoms with Gasteiger partial charge in [0.05, 0.1) is 24.9 Å². The quantitative estimate of drug-likeness (QED) is 0.322. The largest absolute Gasteiger partial charge is 0.450 e. The summed E-state index contributed by atoms with van der Waals surface area (Å²) in [6, 6.07) is 3.70.